The average Bonchev–Trinajstić information content (AvgIpc) is 2.99. The smallest absolute Gasteiger partial charge is 0.261 e. The molecule has 0 spiro atoms. The number of benzene rings is 1. The van der Waals surface area contributed by atoms with Crippen LogP contribution in [0.15, 0.2) is 47.6 Å². The number of hydrogen-bond acceptors (Lipinski definition) is 4. The third-order valence-corrected chi connectivity index (χ3v) is 3.68. The lowest BCUT2D eigenvalue weighted by Gasteiger charge is -2.13. The number of anilines is 1. The molecule has 3 aromatic rings. The molecule has 1 aromatic carbocycles. The van der Waals surface area contributed by atoms with Gasteiger partial charge >= 0.3 is 6.18 Å². The molecule has 8 heteroatoms. The van der Waals surface area contributed by atoms with Crippen molar-refractivity contribution in [2.24, 2.45) is 5.10 Å². The maximum Gasteiger partial charge on any atom is 0.433 e. The van der Waals surface area contributed by atoms with Crippen molar-refractivity contribution >= 4 is 17.7 Å². The largest absolute Gasteiger partial charge is 0.433 e. The van der Waals surface area contributed by atoms with E-state index in [-0.39, 0.29) is 16.9 Å². The fraction of sp³-hybridized carbons (Fsp3) is 0.278. The van der Waals surface area contributed by atoms with E-state index in [2.05, 4.69) is 20.6 Å². The Hall–Kier alpha value is -2.90. The van der Waals surface area contributed by atoms with Crippen LogP contribution in [-0.4, -0.2) is 20.8 Å². The highest BCUT2D eigenvalue weighted by Crippen LogP contribution is 2.31. The first-order valence-corrected chi connectivity index (χ1v) is 7.97. The van der Waals surface area contributed by atoms with Gasteiger partial charge in [0.25, 0.3) is 0 Å². The van der Waals surface area contributed by atoms with Crippen molar-refractivity contribution in [2.45, 2.75) is 32.4 Å². The van der Waals surface area contributed by atoms with Crippen molar-refractivity contribution < 1.29 is 13.2 Å². The fourth-order valence-electron chi connectivity index (χ4n) is 2.28. The molecule has 0 unspecified atom stereocenters. The van der Waals surface area contributed by atoms with Gasteiger partial charge in [-0.1, -0.05) is 51.1 Å². The molecule has 26 heavy (non-hydrogen) atoms. The molecule has 0 aliphatic rings. The van der Waals surface area contributed by atoms with Crippen LogP contribution in [0, 0.1) is 0 Å². The zero-order valence-corrected chi connectivity index (χ0v) is 14.5. The van der Waals surface area contributed by atoms with Crippen LogP contribution >= 0.6 is 0 Å². The maximum absolute atomic E-state index is 13.2. The van der Waals surface area contributed by atoms with Gasteiger partial charge in [-0.25, -0.2) is 4.98 Å². The van der Waals surface area contributed by atoms with E-state index >= 15 is 0 Å². The molecule has 0 atom stereocenters. The second kappa shape index (κ2) is 6.44. The molecular formula is C18H18F3N5. The topological polar surface area (TPSA) is 54.6 Å². The second-order valence-corrected chi connectivity index (χ2v) is 6.85. The summed E-state index contributed by atoms with van der Waals surface area (Å²) >= 11 is 0. The van der Waals surface area contributed by atoms with Gasteiger partial charge in [0.1, 0.15) is 0 Å². The van der Waals surface area contributed by atoms with E-state index in [0.29, 0.717) is 5.69 Å². The third kappa shape index (κ3) is 3.84. The lowest BCUT2D eigenvalue weighted by molar-refractivity contribution is -0.141. The molecule has 2 aromatic heterocycles. The minimum Gasteiger partial charge on any atom is -0.261 e. The lowest BCUT2D eigenvalue weighted by Crippen LogP contribution is -2.13. The van der Waals surface area contributed by atoms with E-state index < -0.39 is 11.9 Å². The minimum atomic E-state index is -4.56. The maximum atomic E-state index is 13.2. The highest BCUT2D eigenvalue weighted by atomic mass is 19.4. The van der Waals surface area contributed by atoms with Gasteiger partial charge < -0.3 is 0 Å². The Morgan fingerprint density at radius 2 is 1.73 bits per heavy atom. The van der Waals surface area contributed by atoms with Crippen LogP contribution < -0.4 is 5.43 Å². The first-order valence-electron chi connectivity index (χ1n) is 7.97. The van der Waals surface area contributed by atoms with Gasteiger partial charge in [0.05, 0.1) is 11.9 Å². The summed E-state index contributed by atoms with van der Waals surface area (Å²) in [6, 6.07) is 11.7. The van der Waals surface area contributed by atoms with Gasteiger partial charge in [0.15, 0.2) is 17.2 Å². The molecule has 0 saturated carbocycles. The molecule has 0 aliphatic heterocycles. The Labute approximate surface area is 148 Å². The zero-order chi connectivity index (χ0) is 18.9. The summed E-state index contributed by atoms with van der Waals surface area (Å²) < 4.78 is 40.8. The number of hydrogen-bond donors (Lipinski definition) is 1. The molecule has 0 saturated heterocycles. The normalized spacial score (nSPS) is 12.8. The van der Waals surface area contributed by atoms with Gasteiger partial charge in [0, 0.05) is 17.5 Å². The summed E-state index contributed by atoms with van der Waals surface area (Å²) in [7, 11) is 0. The Morgan fingerprint density at radius 3 is 2.35 bits per heavy atom. The monoisotopic (exact) mass is 361 g/mol. The van der Waals surface area contributed by atoms with Gasteiger partial charge in [-0.2, -0.15) is 27.9 Å². The summed E-state index contributed by atoms with van der Waals surface area (Å²) in [5.74, 6) is 0.0880. The SMILES string of the molecule is CC(C)(C)c1cc2nc(C(F)(F)F)cc(N/N=C/c3ccccc3)n2n1. The molecular weight excluding hydrogens is 343 g/mol. The first kappa shape index (κ1) is 17.9. The number of aromatic nitrogens is 3. The fourth-order valence-corrected chi connectivity index (χ4v) is 2.28. The lowest BCUT2D eigenvalue weighted by atomic mass is 9.93. The number of rotatable bonds is 3. The van der Waals surface area contributed by atoms with E-state index in [0.717, 1.165) is 11.6 Å². The number of halogens is 3. The van der Waals surface area contributed by atoms with Crippen LogP contribution in [0.3, 0.4) is 0 Å². The number of fused-ring (bicyclic) bond motifs is 1. The molecule has 2 heterocycles. The van der Waals surface area contributed by atoms with Gasteiger partial charge in [-0.3, -0.25) is 5.43 Å². The Bertz CT molecular complexity index is 937. The summed E-state index contributed by atoms with van der Waals surface area (Å²) in [6.07, 6.45) is -3.04. The van der Waals surface area contributed by atoms with Gasteiger partial charge in [-0.05, 0) is 5.56 Å². The quantitative estimate of drug-likeness (QED) is 0.552. The average molecular weight is 361 g/mol. The molecule has 0 bridgehead atoms. The molecule has 1 N–H and O–H groups in total. The molecule has 0 fully saturated rings. The van der Waals surface area contributed by atoms with Crippen LogP contribution in [0.5, 0.6) is 0 Å². The van der Waals surface area contributed by atoms with Crippen LogP contribution in [0.1, 0.15) is 37.7 Å². The summed E-state index contributed by atoms with van der Waals surface area (Å²) in [5, 5.41) is 8.41. The number of nitrogens with zero attached hydrogens (tertiary/aromatic N) is 4. The predicted octanol–water partition coefficient (Wildman–Crippen LogP) is 4.49. The molecule has 5 nitrogen and oxygen atoms in total. The Morgan fingerprint density at radius 1 is 1.04 bits per heavy atom. The standard InChI is InChI=1S/C18H18F3N5/c1-17(2,3)13-9-15-23-14(18(19,20)21)10-16(26(15)25-13)24-22-11-12-7-5-4-6-8-12/h4-11,24H,1-3H3/b22-11+. The van der Waals surface area contributed by atoms with E-state index in [1.165, 1.54) is 10.7 Å². The van der Waals surface area contributed by atoms with E-state index in [4.69, 9.17) is 0 Å². The summed E-state index contributed by atoms with van der Waals surface area (Å²) in [5.41, 5.74) is 2.89. The number of alkyl halides is 3. The van der Waals surface area contributed by atoms with Crippen molar-refractivity contribution in [3.63, 3.8) is 0 Å². The molecule has 0 aliphatic carbocycles. The molecule has 3 rings (SSSR count). The van der Waals surface area contributed by atoms with Crippen molar-refractivity contribution in [3.8, 4) is 0 Å². The second-order valence-electron chi connectivity index (χ2n) is 6.85. The highest BCUT2D eigenvalue weighted by Gasteiger charge is 2.34. The van der Waals surface area contributed by atoms with Gasteiger partial charge in [-0.15, -0.1) is 0 Å². The Balaban J connectivity index is 2.03. The summed E-state index contributed by atoms with van der Waals surface area (Å²) in [6.45, 7) is 5.79. The van der Waals surface area contributed by atoms with Crippen molar-refractivity contribution in [2.75, 3.05) is 5.43 Å². The Kier molecular flexibility index (Phi) is 4.43. The van der Waals surface area contributed by atoms with Crippen LogP contribution in [0.25, 0.3) is 5.65 Å². The molecule has 0 radical (unpaired) electrons. The minimum absolute atomic E-state index is 0.0880. The van der Waals surface area contributed by atoms with Crippen LogP contribution in [0.2, 0.25) is 0 Å². The van der Waals surface area contributed by atoms with Crippen LogP contribution in [-0.2, 0) is 11.6 Å². The van der Waals surface area contributed by atoms with Crippen LogP contribution in [0.4, 0.5) is 19.0 Å². The van der Waals surface area contributed by atoms with E-state index in [1.54, 1.807) is 6.07 Å². The molecule has 136 valence electrons. The van der Waals surface area contributed by atoms with E-state index in [9.17, 15) is 13.2 Å². The first-order chi connectivity index (χ1) is 12.1. The van der Waals surface area contributed by atoms with Crippen molar-refractivity contribution in [3.05, 3.63) is 59.4 Å². The van der Waals surface area contributed by atoms with Gasteiger partial charge in [0.2, 0.25) is 0 Å². The third-order valence-electron chi connectivity index (χ3n) is 3.68. The van der Waals surface area contributed by atoms with E-state index in [1.807, 2.05) is 51.1 Å². The molecule has 0 amide bonds. The summed E-state index contributed by atoms with van der Waals surface area (Å²) in [4.78, 5) is 3.69. The number of nitrogens with one attached hydrogen (secondary N) is 1. The number of hydrazone groups is 1. The van der Waals surface area contributed by atoms with Crippen molar-refractivity contribution in [1.82, 2.24) is 14.6 Å². The van der Waals surface area contributed by atoms with Crippen molar-refractivity contribution in [1.29, 1.82) is 0 Å². The zero-order valence-electron chi connectivity index (χ0n) is 14.5. The predicted molar refractivity (Wildman–Crippen MR) is 94.3 cm³/mol. The highest BCUT2D eigenvalue weighted by molar-refractivity contribution is 5.80.